The van der Waals surface area contributed by atoms with Gasteiger partial charge in [0.2, 0.25) is 0 Å². The topological polar surface area (TPSA) is 67.8 Å². The average molecular weight is 268 g/mol. The fourth-order valence-corrected chi connectivity index (χ4v) is 1.60. The van der Waals surface area contributed by atoms with Gasteiger partial charge in [-0.05, 0) is 24.3 Å². The largest absolute Gasteiger partial charge is 0.461 e. The van der Waals surface area contributed by atoms with Crippen LogP contribution in [0.5, 0.6) is 0 Å². The summed E-state index contributed by atoms with van der Waals surface area (Å²) >= 11 is 1.31. The maximum Gasteiger partial charge on any atom is 0.354 e. The van der Waals surface area contributed by atoms with Crippen LogP contribution < -0.4 is 5.43 Å². The number of amides is 1. The first-order chi connectivity index (χ1) is 8.50. The summed E-state index contributed by atoms with van der Waals surface area (Å²) in [6.45, 7) is 5.72. The van der Waals surface area contributed by atoms with E-state index in [4.69, 9.17) is 4.74 Å². The number of ether oxygens (including phenoxy) is 1. The molecule has 0 radical (unpaired) electrons. The van der Waals surface area contributed by atoms with Crippen molar-refractivity contribution in [3.05, 3.63) is 22.4 Å². The van der Waals surface area contributed by atoms with Crippen molar-refractivity contribution in [3.63, 3.8) is 0 Å². The van der Waals surface area contributed by atoms with Crippen molar-refractivity contribution < 1.29 is 14.3 Å². The summed E-state index contributed by atoms with van der Waals surface area (Å²) in [7, 11) is 0. The maximum atomic E-state index is 11.5. The molecule has 1 N–H and O–H groups in total. The first-order valence-corrected chi connectivity index (χ1v) is 6.44. The number of nitrogens with zero attached hydrogens (tertiary/aromatic N) is 1. The van der Waals surface area contributed by atoms with Crippen LogP contribution in [-0.4, -0.2) is 24.2 Å². The lowest BCUT2D eigenvalue weighted by Crippen LogP contribution is -2.23. The van der Waals surface area contributed by atoms with Gasteiger partial charge >= 0.3 is 5.97 Å². The number of thiophene rings is 1. The van der Waals surface area contributed by atoms with E-state index >= 15 is 0 Å². The van der Waals surface area contributed by atoms with Crippen molar-refractivity contribution in [1.29, 1.82) is 0 Å². The lowest BCUT2D eigenvalue weighted by atomic mass is 10.2. The van der Waals surface area contributed by atoms with Crippen LogP contribution in [-0.2, 0) is 9.53 Å². The summed E-state index contributed by atoms with van der Waals surface area (Å²) in [6, 6.07) is 3.45. The quantitative estimate of drug-likeness (QED) is 0.505. The minimum atomic E-state index is -0.518. The Balaban J connectivity index is 2.46. The molecule has 1 rings (SSSR count). The Morgan fingerprint density at radius 3 is 2.78 bits per heavy atom. The van der Waals surface area contributed by atoms with Gasteiger partial charge in [-0.15, -0.1) is 11.3 Å². The van der Waals surface area contributed by atoms with Crippen LogP contribution in [0.1, 0.15) is 30.4 Å². The molecule has 0 aliphatic rings. The number of hydrogen-bond donors (Lipinski definition) is 1. The van der Waals surface area contributed by atoms with Crippen LogP contribution in [0.25, 0.3) is 0 Å². The van der Waals surface area contributed by atoms with Crippen molar-refractivity contribution in [1.82, 2.24) is 5.43 Å². The highest BCUT2D eigenvalue weighted by molar-refractivity contribution is 7.12. The molecule has 0 fully saturated rings. The molecule has 0 saturated heterocycles. The number of esters is 1. The molecule has 0 unspecified atom stereocenters. The summed E-state index contributed by atoms with van der Waals surface area (Å²) in [5.74, 6) is -0.585. The van der Waals surface area contributed by atoms with E-state index in [-0.39, 0.29) is 17.5 Å². The van der Waals surface area contributed by atoms with Gasteiger partial charge in [0.15, 0.2) is 0 Å². The maximum absolute atomic E-state index is 11.5. The van der Waals surface area contributed by atoms with Gasteiger partial charge in [-0.25, -0.2) is 10.2 Å². The molecule has 1 aromatic rings. The van der Waals surface area contributed by atoms with Gasteiger partial charge in [0, 0.05) is 0 Å². The molecule has 1 heterocycles. The van der Waals surface area contributed by atoms with Crippen LogP contribution in [0.3, 0.4) is 0 Å². The van der Waals surface area contributed by atoms with Crippen molar-refractivity contribution in [2.24, 2.45) is 11.0 Å². The number of carbonyl (C=O) groups excluding carboxylic acids is 2. The molecule has 1 aromatic heterocycles. The van der Waals surface area contributed by atoms with Crippen LogP contribution in [0.15, 0.2) is 22.6 Å². The Morgan fingerprint density at radius 2 is 2.22 bits per heavy atom. The summed E-state index contributed by atoms with van der Waals surface area (Å²) < 4.78 is 4.97. The Labute approximate surface area is 110 Å². The Morgan fingerprint density at radius 1 is 1.50 bits per heavy atom. The van der Waals surface area contributed by atoms with Gasteiger partial charge in [-0.3, -0.25) is 4.79 Å². The van der Waals surface area contributed by atoms with Gasteiger partial charge in [-0.1, -0.05) is 19.9 Å². The number of nitrogens with one attached hydrogen (secondary N) is 1. The van der Waals surface area contributed by atoms with E-state index in [1.54, 1.807) is 17.5 Å². The smallest absolute Gasteiger partial charge is 0.354 e. The van der Waals surface area contributed by atoms with Gasteiger partial charge in [0.1, 0.15) is 5.71 Å². The van der Waals surface area contributed by atoms with Crippen LogP contribution in [0.2, 0.25) is 0 Å². The normalized spacial score (nSPS) is 11.4. The third-order valence-corrected chi connectivity index (χ3v) is 2.78. The lowest BCUT2D eigenvalue weighted by molar-refractivity contribution is -0.136. The highest BCUT2D eigenvalue weighted by Gasteiger charge is 2.10. The molecule has 1 amide bonds. The summed E-state index contributed by atoms with van der Waals surface area (Å²) in [4.78, 5) is 23.5. The van der Waals surface area contributed by atoms with E-state index < -0.39 is 5.97 Å². The van der Waals surface area contributed by atoms with E-state index in [2.05, 4.69) is 10.5 Å². The molecule has 0 aliphatic heterocycles. The van der Waals surface area contributed by atoms with Crippen molar-refractivity contribution in [3.8, 4) is 0 Å². The summed E-state index contributed by atoms with van der Waals surface area (Å²) in [6.07, 6.45) is 0. The molecule has 18 heavy (non-hydrogen) atoms. The molecule has 0 spiro atoms. The van der Waals surface area contributed by atoms with Gasteiger partial charge in [0.25, 0.3) is 5.91 Å². The third-order valence-electron chi connectivity index (χ3n) is 1.91. The van der Waals surface area contributed by atoms with E-state index in [0.717, 1.165) is 0 Å². The predicted molar refractivity (Wildman–Crippen MR) is 70.7 cm³/mol. The number of carbonyl (C=O) groups is 2. The molecule has 98 valence electrons. The molecular weight excluding hydrogens is 252 g/mol. The first-order valence-electron chi connectivity index (χ1n) is 5.56. The monoisotopic (exact) mass is 268 g/mol. The lowest BCUT2D eigenvalue weighted by Gasteiger charge is -2.06. The zero-order chi connectivity index (χ0) is 13.5. The van der Waals surface area contributed by atoms with Gasteiger partial charge in [-0.2, -0.15) is 5.10 Å². The van der Waals surface area contributed by atoms with Crippen LogP contribution in [0, 0.1) is 5.92 Å². The van der Waals surface area contributed by atoms with Gasteiger partial charge in [0.05, 0.1) is 11.5 Å². The van der Waals surface area contributed by atoms with E-state index in [0.29, 0.717) is 11.5 Å². The molecule has 6 heteroatoms. The van der Waals surface area contributed by atoms with E-state index in [1.807, 2.05) is 13.8 Å². The standard InChI is InChI=1S/C12H16N2O3S/c1-8(2)7-17-12(16)9(3)13-14-11(15)10-5-4-6-18-10/h4-6,8H,7H2,1-3H3,(H,14,15)/b13-9+. The van der Waals surface area contributed by atoms with Crippen LogP contribution >= 0.6 is 11.3 Å². The Hall–Kier alpha value is -1.69. The minimum absolute atomic E-state index is 0.126. The average Bonchev–Trinajstić information content (AvgIpc) is 2.86. The van der Waals surface area contributed by atoms with Crippen molar-refractivity contribution >= 4 is 28.9 Å². The van der Waals surface area contributed by atoms with Crippen molar-refractivity contribution in [2.75, 3.05) is 6.61 Å². The SMILES string of the molecule is C/C(=N\NC(=O)c1cccs1)C(=O)OCC(C)C. The first kappa shape index (κ1) is 14.4. The predicted octanol–water partition coefficient (Wildman–Crippen LogP) is 2.05. The Bertz CT molecular complexity index is 438. The molecule has 0 aromatic carbocycles. The molecule has 0 bridgehead atoms. The molecule has 5 nitrogen and oxygen atoms in total. The fourth-order valence-electron chi connectivity index (χ4n) is 0.990. The zero-order valence-corrected chi connectivity index (χ0v) is 11.4. The highest BCUT2D eigenvalue weighted by atomic mass is 32.1. The molecule has 0 atom stereocenters. The Kier molecular flexibility index (Phi) is 5.51. The fraction of sp³-hybridized carbons (Fsp3) is 0.417. The summed E-state index contributed by atoms with van der Waals surface area (Å²) in [5, 5.41) is 5.50. The van der Waals surface area contributed by atoms with E-state index in [9.17, 15) is 9.59 Å². The number of hydrazone groups is 1. The molecule has 0 saturated carbocycles. The number of rotatable bonds is 5. The zero-order valence-electron chi connectivity index (χ0n) is 10.6. The minimum Gasteiger partial charge on any atom is -0.461 e. The van der Waals surface area contributed by atoms with E-state index in [1.165, 1.54) is 18.3 Å². The van der Waals surface area contributed by atoms with Gasteiger partial charge < -0.3 is 4.74 Å². The summed E-state index contributed by atoms with van der Waals surface area (Å²) in [5.41, 5.74) is 2.44. The second-order valence-corrected chi connectivity index (χ2v) is 5.06. The van der Waals surface area contributed by atoms with Crippen LogP contribution in [0.4, 0.5) is 0 Å². The highest BCUT2D eigenvalue weighted by Crippen LogP contribution is 2.07. The third kappa shape index (κ3) is 4.67. The second-order valence-electron chi connectivity index (χ2n) is 4.11. The van der Waals surface area contributed by atoms with Crippen molar-refractivity contribution in [2.45, 2.75) is 20.8 Å². The number of hydrogen-bond acceptors (Lipinski definition) is 5. The molecular formula is C12H16N2O3S. The molecule has 0 aliphatic carbocycles. The second kappa shape index (κ2) is 6.90.